The van der Waals surface area contributed by atoms with E-state index in [-0.39, 0.29) is 0 Å². The lowest BCUT2D eigenvalue weighted by Crippen LogP contribution is -1.98. The standard InChI is InChI=1S/C16H14N2O/c17-11-13-8-4-5-9-14(13)15-10-16(19-18-15)12-6-2-1-3-7-12/h1-10H,11,17H2. The first-order valence-corrected chi connectivity index (χ1v) is 6.19. The van der Waals surface area contributed by atoms with E-state index in [1.807, 2.05) is 60.7 Å². The van der Waals surface area contributed by atoms with Gasteiger partial charge in [0.05, 0.1) is 0 Å². The molecule has 0 fully saturated rings. The zero-order valence-corrected chi connectivity index (χ0v) is 10.4. The van der Waals surface area contributed by atoms with Gasteiger partial charge in [0.1, 0.15) is 5.69 Å². The Morgan fingerprint density at radius 2 is 1.68 bits per heavy atom. The Kier molecular flexibility index (Phi) is 3.12. The summed E-state index contributed by atoms with van der Waals surface area (Å²) in [6, 6.07) is 19.8. The zero-order valence-electron chi connectivity index (χ0n) is 10.4. The highest BCUT2D eigenvalue weighted by molar-refractivity contribution is 5.68. The molecule has 3 heteroatoms. The van der Waals surface area contributed by atoms with Crippen LogP contribution in [0.25, 0.3) is 22.6 Å². The van der Waals surface area contributed by atoms with Crippen LogP contribution in [0.3, 0.4) is 0 Å². The van der Waals surface area contributed by atoms with Gasteiger partial charge in [0.15, 0.2) is 5.76 Å². The molecule has 0 spiro atoms. The lowest BCUT2D eigenvalue weighted by atomic mass is 10.0. The Labute approximate surface area is 111 Å². The molecule has 94 valence electrons. The van der Waals surface area contributed by atoms with Crippen molar-refractivity contribution in [3.8, 4) is 22.6 Å². The van der Waals surface area contributed by atoms with Gasteiger partial charge in [-0.25, -0.2) is 0 Å². The molecule has 3 aromatic rings. The van der Waals surface area contributed by atoms with Crippen molar-refractivity contribution in [2.45, 2.75) is 6.54 Å². The summed E-state index contributed by atoms with van der Waals surface area (Å²) in [5, 5.41) is 4.14. The van der Waals surface area contributed by atoms with E-state index < -0.39 is 0 Å². The largest absolute Gasteiger partial charge is 0.356 e. The summed E-state index contributed by atoms with van der Waals surface area (Å²) in [6.07, 6.45) is 0. The van der Waals surface area contributed by atoms with Crippen LogP contribution < -0.4 is 5.73 Å². The van der Waals surface area contributed by atoms with Crippen molar-refractivity contribution in [3.63, 3.8) is 0 Å². The molecule has 0 atom stereocenters. The fraction of sp³-hybridized carbons (Fsp3) is 0.0625. The summed E-state index contributed by atoms with van der Waals surface area (Å²) in [6.45, 7) is 0.490. The van der Waals surface area contributed by atoms with Crippen LogP contribution in [0, 0.1) is 0 Å². The highest BCUT2D eigenvalue weighted by Gasteiger charge is 2.10. The topological polar surface area (TPSA) is 52.0 Å². The molecule has 0 saturated heterocycles. The highest BCUT2D eigenvalue weighted by Crippen LogP contribution is 2.27. The van der Waals surface area contributed by atoms with Crippen molar-refractivity contribution < 1.29 is 4.52 Å². The minimum atomic E-state index is 0.490. The Morgan fingerprint density at radius 1 is 0.947 bits per heavy atom. The monoisotopic (exact) mass is 250 g/mol. The van der Waals surface area contributed by atoms with Gasteiger partial charge in [-0.3, -0.25) is 0 Å². The second-order valence-corrected chi connectivity index (χ2v) is 4.30. The number of hydrogen-bond acceptors (Lipinski definition) is 3. The van der Waals surface area contributed by atoms with E-state index in [9.17, 15) is 0 Å². The van der Waals surface area contributed by atoms with E-state index in [0.717, 1.165) is 28.1 Å². The van der Waals surface area contributed by atoms with Gasteiger partial charge in [0, 0.05) is 23.7 Å². The third kappa shape index (κ3) is 2.28. The van der Waals surface area contributed by atoms with Gasteiger partial charge in [0.25, 0.3) is 0 Å². The third-order valence-electron chi connectivity index (χ3n) is 3.08. The Hall–Kier alpha value is -2.39. The predicted molar refractivity (Wildman–Crippen MR) is 75.3 cm³/mol. The van der Waals surface area contributed by atoms with Crippen LogP contribution >= 0.6 is 0 Å². The van der Waals surface area contributed by atoms with Gasteiger partial charge < -0.3 is 10.3 Å². The number of benzene rings is 2. The van der Waals surface area contributed by atoms with Crippen molar-refractivity contribution >= 4 is 0 Å². The lowest BCUT2D eigenvalue weighted by Gasteiger charge is -2.02. The number of rotatable bonds is 3. The summed E-state index contributed by atoms with van der Waals surface area (Å²) in [7, 11) is 0. The molecular weight excluding hydrogens is 236 g/mol. The molecule has 0 amide bonds. The molecule has 19 heavy (non-hydrogen) atoms. The molecule has 0 bridgehead atoms. The minimum absolute atomic E-state index is 0.490. The van der Waals surface area contributed by atoms with E-state index in [4.69, 9.17) is 10.3 Å². The van der Waals surface area contributed by atoms with Crippen LogP contribution in [0.1, 0.15) is 5.56 Å². The van der Waals surface area contributed by atoms with Crippen LogP contribution in [0.5, 0.6) is 0 Å². The molecule has 2 aromatic carbocycles. The van der Waals surface area contributed by atoms with Crippen LogP contribution in [-0.2, 0) is 6.54 Å². The molecule has 0 saturated carbocycles. The first-order valence-electron chi connectivity index (χ1n) is 6.19. The summed E-state index contributed by atoms with van der Waals surface area (Å²) in [5.41, 5.74) is 9.68. The number of hydrogen-bond donors (Lipinski definition) is 1. The fourth-order valence-corrected chi connectivity index (χ4v) is 2.09. The maximum atomic E-state index is 5.75. The van der Waals surface area contributed by atoms with Gasteiger partial charge in [0.2, 0.25) is 0 Å². The number of aromatic nitrogens is 1. The van der Waals surface area contributed by atoms with Crippen LogP contribution in [0.2, 0.25) is 0 Å². The molecular formula is C16H14N2O. The molecule has 0 aliphatic heterocycles. The second-order valence-electron chi connectivity index (χ2n) is 4.30. The van der Waals surface area contributed by atoms with Crippen molar-refractivity contribution in [1.82, 2.24) is 5.16 Å². The molecule has 0 aliphatic rings. The predicted octanol–water partition coefficient (Wildman–Crippen LogP) is 3.47. The molecule has 0 aliphatic carbocycles. The van der Waals surface area contributed by atoms with E-state index in [2.05, 4.69) is 5.16 Å². The maximum Gasteiger partial charge on any atom is 0.167 e. The number of nitrogens with zero attached hydrogens (tertiary/aromatic N) is 1. The third-order valence-corrected chi connectivity index (χ3v) is 3.08. The average Bonchev–Trinajstić information content (AvgIpc) is 2.98. The summed E-state index contributed by atoms with van der Waals surface area (Å²) < 4.78 is 5.41. The normalized spacial score (nSPS) is 10.6. The minimum Gasteiger partial charge on any atom is -0.356 e. The smallest absolute Gasteiger partial charge is 0.167 e. The molecule has 1 heterocycles. The summed E-state index contributed by atoms with van der Waals surface area (Å²) >= 11 is 0. The summed E-state index contributed by atoms with van der Waals surface area (Å²) in [4.78, 5) is 0. The Balaban J connectivity index is 2.02. The lowest BCUT2D eigenvalue weighted by molar-refractivity contribution is 0.435. The first-order chi connectivity index (χ1) is 9.38. The molecule has 3 rings (SSSR count). The quantitative estimate of drug-likeness (QED) is 0.774. The van der Waals surface area contributed by atoms with Gasteiger partial charge in [-0.1, -0.05) is 59.8 Å². The summed E-state index contributed by atoms with van der Waals surface area (Å²) in [5.74, 6) is 0.766. The van der Waals surface area contributed by atoms with E-state index in [1.54, 1.807) is 0 Å². The number of nitrogens with two attached hydrogens (primary N) is 1. The Bertz CT molecular complexity index is 674. The molecule has 0 radical (unpaired) electrons. The van der Waals surface area contributed by atoms with Crippen LogP contribution in [0.4, 0.5) is 0 Å². The van der Waals surface area contributed by atoms with Crippen molar-refractivity contribution in [2.24, 2.45) is 5.73 Å². The van der Waals surface area contributed by atoms with Gasteiger partial charge >= 0.3 is 0 Å². The highest BCUT2D eigenvalue weighted by atomic mass is 16.5. The van der Waals surface area contributed by atoms with Gasteiger partial charge in [-0.05, 0) is 5.56 Å². The van der Waals surface area contributed by atoms with Gasteiger partial charge in [-0.2, -0.15) is 0 Å². The Morgan fingerprint density at radius 3 is 2.47 bits per heavy atom. The molecule has 0 unspecified atom stereocenters. The zero-order chi connectivity index (χ0) is 13.1. The van der Waals surface area contributed by atoms with E-state index in [0.29, 0.717) is 6.54 Å². The first kappa shape index (κ1) is 11.7. The van der Waals surface area contributed by atoms with E-state index in [1.165, 1.54) is 0 Å². The fourth-order valence-electron chi connectivity index (χ4n) is 2.09. The molecule has 2 N–H and O–H groups in total. The molecule has 1 aromatic heterocycles. The molecule has 3 nitrogen and oxygen atoms in total. The van der Waals surface area contributed by atoms with Crippen molar-refractivity contribution in [3.05, 3.63) is 66.2 Å². The van der Waals surface area contributed by atoms with Crippen LogP contribution in [-0.4, -0.2) is 5.16 Å². The van der Waals surface area contributed by atoms with Crippen molar-refractivity contribution in [2.75, 3.05) is 0 Å². The SMILES string of the molecule is NCc1ccccc1-c1cc(-c2ccccc2)on1. The van der Waals surface area contributed by atoms with E-state index >= 15 is 0 Å². The average molecular weight is 250 g/mol. The van der Waals surface area contributed by atoms with Crippen molar-refractivity contribution in [1.29, 1.82) is 0 Å². The van der Waals surface area contributed by atoms with Crippen LogP contribution in [0.15, 0.2) is 65.2 Å². The van der Waals surface area contributed by atoms with Gasteiger partial charge in [-0.15, -0.1) is 0 Å². The second kappa shape index (κ2) is 5.08. The maximum absolute atomic E-state index is 5.75.